The Balaban J connectivity index is 3.72. The molecule has 0 unspecified atom stereocenters. The van der Waals surface area contributed by atoms with E-state index in [1.165, 1.54) is 5.57 Å². The maximum absolute atomic E-state index is 3.69. The van der Waals surface area contributed by atoms with E-state index in [1.807, 2.05) is 13.0 Å². The van der Waals surface area contributed by atoms with Gasteiger partial charge in [-0.3, -0.25) is 0 Å². The zero-order valence-electron chi connectivity index (χ0n) is 6.93. The first-order valence-electron chi connectivity index (χ1n) is 3.71. The van der Waals surface area contributed by atoms with Crippen LogP contribution in [0.2, 0.25) is 0 Å². The molecule has 0 bridgehead atoms. The summed E-state index contributed by atoms with van der Waals surface area (Å²) in [5, 5.41) is 0. The van der Waals surface area contributed by atoms with Crippen molar-refractivity contribution in [3.63, 3.8) is 0 Å². The molecule has 10 heavy (non-hydrogen) atoms. The van der Waals surface area contributed by atoms with Crippen molar-refractivity contribution < 1.29 is 0 Å². The molecule has 0 saturated heterocycles. The van der Waals surface area contributed by atoms with Crippen LogP contribution in [0.3, 0.4) is 0 Å². The van der Waals surface area contributed by atoms with Gasteiger partial charge >= 0.3 is 0 Å². The van der Waals surface area contributed by atoms with Crippen LogP contribution in [0.1, 0.15) is 26.7 Å². The molecule has 56 valence electrons. The Morgan fingerprint density at radius 2 is 2.00 bits per heavy atom. The Labute approximate surface area is 64.0 Å². The Bertz CT molecular complexity index is 138. The van der Waals surface area contributed by atoms with Crippen molar-refractivity contribution >= 4 is 0 Å². The van der Waals surface area contributed by atoms with E-state index in [9.17, 15) is 0 Å². The van der Waals surface area contributed by atoms with Gasteiger partial charge < -0.3 is 0 Å². The van der Waals surface area contributed by atoms with Gasteiger partial charge in [0.05, 0.1) is 0 Å². The number of hydrogen-bond acceptors (Lipinski definition) is 0. The van der Waals surface area contributed by atoms with Crippen LogP contribution in [0.25, 0.3) is 0 Å². The molecule has 0 spiro atoms. The Kier molecular flexibility index (Phi) is 5.85. The molecule has 0 aromatic rings. The molecule has 0 rings (SSSR count). The standard InChI is InChI=1S/C10H16/c1-4-7-9-10(6-3)8-5-2/h4-7H,2,8-9H2,1,3H3/b7-4+,10-6-. The molecule has 0 atom stereocenters. The van der Waals surface area contributed by atoms with E-state index in [4.69, 9.17) is 0 Å². The molecule has 0 aliphatic carbocycles. The highest BCUT2D eigenvalue weighted by molar-refractivity contribution is 5.09. The monoisotopic (exact) mass is 136 g/mol. The predicted octanol–water partition coefficient (Wildman–Crippen LogP) is 3.48. The lowest BCUT2D eigenvalue weighted by Gasteiger charge is -1.96. The first-order chi connectivity index (χ1) is 4.85. The lowest BCUT2D eigenvalue weighted by Crippen LogP contribution is -1.76. The lowest BCUT2D eigenvalue weighted by atomic mass is 10.1. The molecule has 0 heterocycles. The quantitative estimate of drug-likeness (QED) is 0.519. The zero-order valence-corrected chi connectivity index (χ0v) is 6.93. The molecule has 0 radical (unpaired) electrons. The summed E-state index contributed by atoms with van der Waals surface area (Å²) in [6.07, 6.45) is 10.4. The summed E-state index contributed by atoms with van der Waals surface area (Å²) < 4.78 is 0. The Morgan fingerprint density at radius 1 is 1.30 bits per heavy atom. The second-order valence-corrected chi connectivity index (χ2v) is 2.21. The minimum Gasteiger partial charge on any atom is -0.103 e. The lowest BCUT2D eigenvalue weighted by molar-refractivity contribution is 1.10. The van der Waals surface area contributed by atoms with Crippen LogP contribution in [-0.2, 0) is 0 Å². The molecule has 0 N–H and O–H groups in total. The highest BCUT2D eigenvalue weighted by atomic mass is 13.9. The van der Waals surface area contributed by atoms with E-state index in [1.54, 1.807) is 0 Å². The van der Waals surface area contributed by atoms with E-state index in [2.05, 4.69) is 31.7 Å². The molecule has 0 fully saturated rings. The van der Waals surface area contributed by atoms with Gasteiger partial charge in [-0.05, 0) is 26.7 Å². The van der Waals surface area contributed by atoms with Crippen LogP contribution in [0, 0.1) is 0 Å². The fourth-order valence-corrected chi connectivity index (χ4v) is 0.774. The van der Waals surface area contributed by atoms with Gasteiger partial charge in [-0.15, -0.1) is 6.58 Å². The van der Waals surface area contributed by atoms with Gasteiger partial charge in [0.2, 0.25) is 0 Å². The molecule has 0 aliphatic rings. The first kappa shape index (κ1) is 9.22. The number of rotatable bonds is 4. The van der Waals surface area contributed by atoms with Gasteiger partial charge in [0.25, 0.3) is 0 Å². The van der Waals surface area contributed by atoms with Gasteiger partial charge in [0, 0.05) is 0 Å². The van der Waals surface area contributed by atoms with Crippen molar-refractivity contribution in [1.29, 1.82) is 0 Å². The molecule has 0 amide bonds. The van der Waals surface area contributed by atoms with Crippen molar-refractivity contribution in [2.24, 2.45) is 0 Å². The van der Waals surface area contributed by atoms with Crippen molar-refractivity contribution in [2.45, 2.75) is 26.7 Å². The molecule has 0 saturated carbocycles. The highest BCUT2D eigenvalue weighted by Crippen LogP contribution is 2.07. The second kappa shape index (κ2) is 6.34. The smallest absolute Gasteiger partial charge is 0.0136 e. The summed E-state index contributed by atoms with van der Waals surface area (Å²) in [6.45, 7) is 7.81. The average Bonchev–Trinajstić information content (AvgIpc) is 1.98. The van der Waals surface area contributed by atoms with Crippen LogP contribution in [0.5, 0.6) is 0 Å². The Hall–Kier alpha value is -0.780. The van der Waals surface area contributed by atoms with Gasteiger partial charge in [-0.1, -0.05) is 29.9 Å². The molecule has 0 aromatic heterocycles. The summed E-state index contributed by atoms with van der Waals surface area (Å²) in [4.78, 5) is 0. The van der Waals surface area contributed by atoms with E-state index in [0.717, 1.165) is 12.8 Å². The molecular weight excluding hydrogens is 120 g/mol. The summed E-state index contributed by atoms with van der Waals surface area (Å²) in [7, 11) is 0. The van der Waals surface area contributed by atoms with Gasteiger partial charge in [0.1, 0.15) is 0 Å². The van der Waals surface area contributed by atoms with Crippen molar-refractivity contribution in [1.82, 2.24) is 0 Å². The van der Waals surface area contributed by atoms with E-state index < -0.39 is 0 Å². The van der Waals surface area contributed by atoms with Crippen molar-refractivity contribution in [3.8, 4) is 0 Å². The van der Waals surface area contributed by atoms with Gasteiger partial charge in [-0.25, -0.2) is 0 Å². The number of hydrogen-bond donors (Lipinski definition) is 0. The molecule has 0 nitrogen and oxygen atoms in total. The largest absolute Gasteiger partial charge is 0.103 e. The third-order valence-corrected chi connectivity index (χ3v) is 1.43. The predicted molar refractivity (Wildman–Crippen MR) is 48.0 cm³/mol. The van der Waals surface area contributed by atoms with E-state index in [0.29, 0.717) is 0 Å². The third kappa shape index (κ3) is 4.13. The van der Waals surface area contributed by atoms with Crippen LogP contribution < -0.4 is 0 Å². The SMILES string of the molecule is C=CC/C(=C/C)C/C=C/C. The first-order valence-corrected chi connectivity index (χ1v) is 3.71. The minimum absolute atomic E-state index is 1.01. The fourth-order valence-electron chi connectivity index (χ4n) is 0.774. The second-order valence-electron chi connectivity index (χ2n) is 2.21. The fraction of sp³-hybridized carbons (Fsp3) is 0.400. The van der Waals surface area contributed by atoms with Crippen molar-refractivity contribution in [2.75, 3.05) is 0 Å². The Morgan fingerprint density at radius 3 is 2.40 bits per heavy atom. The maximum atomic E-state index is 3.69. The highest BCUT2D eigenvalue weighted by Gasteiger charge is 1.87. The van der Waals surface area contributed by atoms with Gasteiger partial charge in [0.15, 0.2) is 0 Å². The minimum atomic E-state index is 1.01. The molecule has 0 aromatic carbocycles. The molecule has 0 heteroatoms. The summed E-state index contributed by atoms with van der Waals surface area (Å²) in [5.41, 5.74) is 1.44. The van der Waals surface area contributed by atoms with Crippen LogP contribution >= 0.6 is 0 Å². The number of allylic oxidation sites excluding steroid dienone is 5. The molecular formula is C10H16. The van der Waals surface area contributed by atoms with Gasteiger partial charge in [-0.2, -0.15) is 0 Å². The maximum Gasteiger partial charge on any atom is -0.0136 e. The van der Waals surface area contributed by atoms with Crippen LogP contribution in [0.4, 0.5) is 0 Å². The van der Waals surface area contributed by atoms with Crippen LogP contribution in [-0.4, -0.2) is 0 Å². The summed E-state index contributed by atoms with van der Waals surface area (Å²) >= 11 is 0. The normalized spacial score (nSPS) is 12.4. The van der Waals surface area contributed by atoms with E-state index in [-0.39, 0.29) is 0 Å². The summed E-state index contributed by atoms with van der Waals surface area (Å²) in [6, 6.07) is 0. The van der Waals surface area contributed by atoms with E-state index >= 15 is 0 Å². The third-order valence-electron chi connectivity index (χ3n) is 1.43. The topological polar surface area (TPSA) is 0 Å². The molecule has 0 aliphatic heterocycles. The average molecular weight is 136 g/mol. The zero-order chi connectivity index (χ0) is 7.82. The van der Waals surface area contributed by atoms with Crippen molar-refractivity contribution in [3.05, 3.63) is 36.5 Å². The van der Waals surface area contributed by atoms with Crippen LogP contribution in [0.15, 0.2) is 36.5 Å². The summed E-state index contributed by atoms with van der Waals surface area (Å²) in [5.74, 6) is 0.